The predicted molar refractivity (Wildman–Crippen MR) is 74.5 cm³/mol. The minimum Gasteiger partial charge on any atom is -0.490 e. The van der Waals surface area contributed by atoms with E-state index in [1.807, 2.05) is 30.3 Å². The third-order valence-corrected chi connectivity index (χ3v) is 2.73. The average molecular weight is 232 g/mol. The molecule has 0 heterocycles. The molecular weight excluding hydrogens is 208 g/mol. The Bertz CT molecular complexity index is 290. The topological polar surface area (TPSA) is 9.23 Å². The van der Waals surface area contributed by atoms with Crippen LogP contribution in [0.5, 0.6) is 5.75 Å². The first kappa shape index (κ1) is 13.8. The Morgan fingerprint density at radius 1 is 0.941 bits per heavy atom. The van der Waals surface area contributed by atoms with E-state index in [0.717, 1.165) is 5.75 Å². The van der Waals surface area contributed by atoms with Gasteiger partial charge in [0.05, 0.1) is 0 Å². The molecule has 1 aromatic carbocycles. The lowest BCUT2D eigenvalue weighted by Crippen LogP contribution is -1.92. The van der Waals surface area contributed by atoms with Gasteiger partial charge >= 0.3 is 0 Å². The largest absolute Gasteiger partial charge is 0.490 e. The molecular formula is C16H24O. The third kappa shape index (κ3) is 7.62. The molecule has 0 amide bonds. The number of unbranched alkanes of at least 4 members (excludes halogenated alkanes) is 5. The first-order valence-corrected chi connectivity index (χ1v) is 6.76. The molecule has 0 fully saturated rings. The van der Waals surface area contributed by atoms with Gasteiger partial charge in [-0.2, -0.15) is 0 Å². The normalized spacial score (nSPS) is 10.9. The lowest BCUT2D eigenvalue weighted by Gasteiger charge is -2.01. The Balaban J connectivity index is 1.96. The summed E-state index contributed by atoms with van der Waals surface area (Å²) in [6.07, 6.45) is 12.3. The fourth-order valence-corrected chi connectivity index (χ4v) is 1.71. The third-order valence-electron chi connectivity index (χ3n) is 2.73. The van der Waals surface area contributed by atoms with E-state index in [1.54, 1.807) is 0 Å². The second-order valence-corrected chi connectivity index (χ2v) is 4.30. The van der Waals surface area contributed by atoms with Gasteiger partial charge in [0.2, 0.25) is 0 Å². The average Bonchev–Trinajstić information content (AvgIpc) is 2.38. The van der Waals surface area contributed by atoms with Gasteiger partial charge in [-0.1, -0.05) is 63.0 Å². The van der Waals surface area contributed by atoms with Crippen LogP contribution in [0.1, 0.15) is 45.4 Å². The number of rotatable bonds is 9. The van der Waals surface area contributed by atoms with Gasteiger partial charge in [0.1, 0.15) is 12.4 Å². The minimum atomic E-state index is 0.680. The molecule has 1 aromatic rings. The molecule has 0 radical (unpaired) electrons. The van der Waals surface area contributed by atoms with Crippen LogP contribution in [-0.2, 0) is 0 Å². The van der Waals surface area contributed by atoms with Crippen molar-refractivity contribution in [3.63, 3.8) is 0 Å². The van der Waals surface area contributed by atoms with Crippen molar-refractivity contribution in [2.75, 3.05) is 6.61 Å². The summed E-state index contributed by atoms with van der Waals surface area (Å²) in [4.78, 5) is 0. The number of hydrogen-bond acceptors (Lipinski definition) is 1. The Kier molecular flexibility index (Phi) is 8.09. The van der Waals surface area contributed by atoms with Gasteiger partial charge in [-0.3, -0.25) is 0 Å². The highest BCUT2D eigenvalue weighted by Crippen LogP contribution is 2.08. The zero-order valence-corrected chi connectivity index (χ0v) is 10.9. The molecule has 0 aliphatic carbocycles. The summed E-state index contributed by atoms with van der Waals surface area (Å²) >= 11 is 0. The number of hydrogen-bond donors (Lipinski definition) is 0. The first-order valence-electron chi connectivity index (χ1n) is 6.76. The maximum Gasteiger partial charge on any atom is 0.119 e. The van der Waals surface area contributed by atoms with E-state index in [9.17, 15) is 0 Å². The van der Waals surface area contributed by atoms with E-state index in [2.05, 4.69) is 19.1 Å². The number of benzene rings is 1. The molecule has 0 unspecified atom stereocenters. The van der Waals surface area contributed by atoms with Gasteiger partial charge in [-0.05, 0) is 25.0 Å². The summed E-state index contributed by atoms with van der Waals surface area (Å²) < 4.78 is 5.56. The highest BCUT2D eigenvalue weighted by Gasteiger charge is 1.88. The molecule has 94 valence electrons. The van der Waals surface area contributed by atoms with E-state index < -0.39 is 0 Å². The standard InChI is InChI=1S/C16H24O/c1-2-3-4-5-6-7-8-12-15-17-16-13-10-9-11-14-16/h8-14H,2-7,15H2,1H3/b12-8+. The summed E-state index contributed by atoms with van der Waals surface area (Å²) in [7, 11) is 0. The lowest BCUT2D eigenvalue weighted by atomic mass is 10.1. The lowest BCUT2D eigenvalue weighted by molar-refractivity contribution is 0.362. The molecule has 0 aliphatic rings. The van der Waals surface area contributed by atoms with Crippen molar-refractivity contribution in [1.29, 1.82) is 0 Å². The monoisotopic (exact) mass is 232 g/mol. The molecule has 0 aliphatic heterocycles. The van der Waals surface area contributed by atoms with Crippen LogP contribution in [0.3, 0.4) is 0 Å². The van der Waals surface area contributed by atoms with E-state index in [1.165, 1.54) is 38.5 Å². The van der Waals surface area contributed by atoms with Crippen LogP contribution in [0.15, 0.2) is 42.5 Å². The van der Waals surface area contributed by atoms with Gasteiger partial charge < -0.3 is 4.74 Å². The Labute approximate surface area is 106 Å². The maximum absolute atomic E-state index is 5.56. The fourth-order valence-electron chi connectivity index (χ4n) is 1.71. The summed E-state index contributed by atoms with van der Waals surface area (Å²) in [6.45, 7) is 2.93. The van der Waals surface area contributed by atoms with Crippen molar-refractivity contribution >= 4 is 0 Å². The van der Waals surface area contributed by atoms with Crippen molar-refractivity contribution < 1.29 is 4.74 Å². The molecule has 0 spiro atoms. The summed E-state index contributed by atoms with van der Waals surface area (Å²) in [6, 6.07) is 9.95. The molecule has 0 saturated carbocycles. The van der Waals surface area contributed by atoms with Crippen molar-refractivity contribution in [3.8, 4) is 5.75 Å². The predicted octanol–water partition coefficient (Wildman–Crippen LogP) is 4.98. The van der Waals surface area contributed by atoms with E-state index in [0.29, 0.717) is 6.61 Å². The van der Waals surface area contributed by atoms with Crippen LogP contribution in [-0.4, -0.2) is 6.61 Å². The number of para-hydroxylation sites is 1. The number of ether oxygens (including phenoxy) is 1. The van der Waals surface area contributed by atoms with Crippen LogP contribution < -0.4 is 4.74 Å². The van der Waals surface area contributed by atoms with Crippen LogP contribution in [0.25, 0.3) is 0 Å². The van der Waals surface area contributed by atoms with E-state index in [-0.39, 0.29) is 0 Å². The Morgan fingerprint density at radius 2 is 1.71 bits per heavy atom. The maximum atomic E-state index is 5.56. The van der Waals surface area contributed by atoms with Gasteiger partial charge in [0.15, 0.2) is 0 Å². The smallest absolute Gasteiger partial charge is 0.119 e. The second-order valence-electron chi connectivity index (χ2n) is 4.30. The molecule has 0 aromatic heterocycles. The molecule has 1 rings (SSSR count). The zero-order valence-electron chi connectivity index (χ0n) is 10.9. The van der Waals surface area contributed by atoms with Gasteiger partial charge in [0, 0.05) is 0 Å². The first-order chi connectivity index (χ1) is 8.43. The van der Waals surface area contributed by atoms with Crippen molar-refractivity contribution in [2.24, 2.45) is 0 Å². The second kappa shape index (κ2) is 9.95. The van der Waals surface area contributed by atoms with Crippen LogP contribution in [0, 0.1) is 0 Å². The summed E-state index contributed by atoms with van der Waals surface area (Å²) in [5, 5.41) is 0. The van der Waals surface area contributed by atoms with E-state index in [4.69, 9.17) is 4.74 Å². The summed E-state index contributed by atoms with van der Waals surface area (Å²) in [5.74, 6) is 0.945. The van der Waals surface area contributed by atoms with Crippen LogP contribution >= 0.6 is 0 Å². The molecule has 0 atom stereocenters. The van der Waals surface area contributed by atoms with Gasteiger partial charge in [0.25, 0.3) is 0 Å². The molecule has 1 heteroatoms. The van der Waals surface area contributed by atoms with Crippen LogP contribution in [0.2, 0.25) is 0 Å². The minimum absolute atomic E-state index is 0.680. The zero-order chi connectivity index (χ0) is 12.2. The van der Waals surface area contributed by atoms with Crippen LogP contribution in [0.4, 0.5) is 0 Å². The van der Waals surface area contributed by atoms with Crippen molar-refractivity contribution in [1.82, 2.24) is 0 Å². The number of allylic oxidation sites excluding steroid dienone is 1. The quantitative estimate of drug-likeness (QED) is 0.431. The molecule has 17 heavy (non-hydrogen) atoms. The Hall–Kier alpha value is -1.24. The Morgan fingerprint density at radius 3 is 2.47 bits per heavy atom. The van der Waals surface area contributed by atoms with Crippen molar-refractivity contribution in [3.05, 3.63) is 42.5 Å². The molecule has 0 saturated heterocycles. The summed E-state index contributed by atoms with van der Waals surface area (Å²) in [5.41, 5.74) is 0. The molecule has 0 N–H and O–H groups in total. The molecule has 1 nitrogen and oxygen atoms in total. The SMILES string of the molecule is CCCCCCC/C=C/COc1ccccc1. The molecule has 0 bridgehead atoms. The highest BCUT2D eigenvalue weighted by molar-refractivity contribution is 5.21. The van der Waals surface area contributed by atoms with Gasteiger partial charge in [-0.15, -0.1) is 0 Å². The highest BCUT2D eigenvalue weighted by atomic mass is 16.5. The fraction of sp³-hybridized carbons (Fsp3) is 0.500. The van der Waals surface area contributed by atoms with Crippen molar-refractivity contribution in [2.45, 2.75) is 45.4 Å². The van der Waals surface area contributed by atoms with E-state index >= 15 is 0 Å². The van der Waals surface area contributed by atoms with Gasteiger partial charge in [-0.25, -0.2) is 0 Å².